The summed E-state index contributed by atoms with van der Waals surface area (Å²) in [5.74, 6) is 0.258. The van der Waals surface area contributed by atoms with Crippen LogP contribution in [0.25, 0.3) is 0 Å². The van der Waals surface area contributed by atoms with Gasteiger partial charge in [0.15, 0.2) is 0 Å². The zero-order valence-corrected chi connectivity index (χ0v) is 10.4. The molecule has 0 unspecified atom stereocenters. The van der Waals surface area contributed by atoms with Crippen molar-refractivity contribution < 1.29 is 4.79 Å². The molecule has 0 radical (unpaired) electrons. The smallest absolute Gasteiger partial charge is 0.224 e. The van der Waals surface area contributed by atoms with Gasteiger partial charge in [0.2, 0.25) is 5.91 Å². The minimum absolute atomic E-state index is 0.201. The number of carbonyl (C=O) groups excluding carboxylic acids is 1. The predicted octanol–water partition coefficient (Wildman–Crippen LogP) is 2.05. The molecule has 0 heterocycles. The van der Waals surface area contributed by atoms with Crippen LogP contribution in [0.1, 0.15) is 57.8 Å². The minimum atomic E-state index is -0.201. The predicted molar refractivity (Wildman–Crippen MR) is 65.0 cm³/mol. The Labute approximate surface area is 98.4 Å². The van der Waals surface area contributed by atoms with Gasteiger partial charge in [-0.3, -0.25) is 4.79 Å². The van der Waals surface area contributed by atoms with Gasteiger partial charge in [0, 0.05) is 25.0 Å². The van der Waals surface area contributed by atoms with Crippen molar-refractivity contribution in [3.63, 3.8) is 0 Å². The third kappa shape index (κ3) is 2.57. The molecule has 3 heteroatoms. The Morgan fingerprint density at radius 1 is 1.25 bits per heavy atom. The first-order valence-electron chi connectivity index (χ1n) is 6.65. The molecule has 0 aromatic heterocycles. The number of carbonyl (C=O) groups is 1. The van der Waals surface area contributed by atoms with E-state index in [1.807, 2.05) is 11.9 Å². The first kappa shape index (κ1) is 11.9. The fourth-order valence-electron chi connectivity index (χ4n) is 2.84. The Kier molecular flexibility index (Phi) is 3.53. The number of nitrogens with zero attached hydrogens (tertiary/aromatic N) is 1. The van der Waals surface area contributed by atoms with Gasteiger partial charge in [-0.2, -0.15) is 0 Å². The average Bonchev–Trinajstić information content (AvgIpc) is 2.15. The molecule has 2 aliphatic rings. The Morgan fingerprint density at radius 3 is 2.38 bits per heavy atom. The van der Waals surface area contributed by atoms with E-state index in [1.165, 1.54) is 38.5 Å². The molecule has 2 fully saturated rings. The second-order valence-corrected chi connectivity index (χ2v) is 5.69. The zero-order chi connectivity index (χ0) is 11.6. The van der Waals surface area contributed by atoms with Crippen LogP contribution in [-0.4, -0.2) is 29.4 Å². The van der Waals surface area contributed by atoms with Crippen molar-refractivity contribution in [1.29, 1.82) is 0 Å². The molecule has 0 aromatic carbocycles. The Balaban J connectivity index is 1.85. The molecular weight excluding hydrogens is 200 g/mol. The number of hydrogen-bond donors (Lipinski definition) is 1. The molecular formula is C13H24N2O. The van der Waals surface area contributed by atoms with Gasteiger partial charge in [-0.1, -0.05) is 19.3 Å². The van der Waals surface area contributed by atoms with Crippen LogP contribution in [0.2, 0.25) is 0 Å². The summed E-state index contributed by atoms with van der Waals surface area (Å²) in [5.41, 5.74) is 6.11. The summed E-state index contributed by atoms with van der Waals surface area (Å²) >= 11 is 0. The fraction of sp³-hybridized carbons (Fsp3) is 0.923. The van der Waals surface area contributed by atoms with Crippen LogP contribution in [0.3, 0.4) is 0 Å². The Hall–Kier alpha value is -0.570. The molecule has 0 aliphatic heterocycles. The van der Waals surface area contributed by atoms with Crippen molar-refractivity contribution >= 4 is 5.91 Å². The molecule has 0 bridgehead atoms. The molecule has 0 spiro atoms. The van der Waals surface area contributed by atoms with Gasteiger partial charge in [-0.15, -0.1) is 0 Å². The van der Waals surface area contributed by atoms with E-state index in [0.29, 0.717) is 12.5 Å². The van der Waals surface area contributed by atoms with Crippen LogP contribution in [0.4, 0.5) is 0 Å². The number of nitrogens with two attached hydrogens (primary N) is 1. The summed E-state index contributed by atoms with van der Waals surface area (Å²) in [6, 6.07) is 0.500. The van der Waals surface area contributed by atoms with Gasteiger partial charge in [0.05, 0.1) is 0 Å². The normalized spacial score (nSPS) is 24.9. The largest absolute Gasteiger partial charge is 0.343 e. The maximum atomic E-state index is 12.1. The zero-order valence-electron chi connectivity index (χ0n) is 10.4. The molecule has 2 aliphatic carbocycles. The second-order valence-electron chi connectivity index (χ2n) is 5.69. The molecule has 3 nitrogen and oxygen atoms in total. The van der Waals surface area contributed by atoms with E-state index in [9.17, 15) is 4.79 Å². The SMILES string of the molecule is CN(C(=O)CC1(N)CCCCC1)C1CCC1. The molecule has 0 aromatic rings. The second kappa shape index (κ2) is 4.74. The summed E-state index contributed by atoms with van der Waals surface area (Å²) in [6.45, 7) is 0. The lowest BCUT2D eigenvalue weighted by Crippen LogP contribution is -2.49. The topological polar surface area (TPSA) is 46.3 Å². The minimum Gasteiger partial charge on any atom is -0.343 e. The lowest BCUT2D eigenvalue weighted by molar-refractivity contribution is -0.135. The fourth-order valence-corrected chi connectivity index (χ4v) is 2.84. The molecule has 92 valence electrons. The highest BCUT2D eigenvalue weighted by Crippen LogP contribution is 2.30. The highest BCUT2D eigenvalue weighted by molar-refractivity contribution is 5.77. The molecule has 2 N–H and O–H groups in total. The molecule has 2 rings (SSSR count). The van der Waals surface area contributed by atoms with E-state index < -0.39 is 0 Å². The van der Waals surface area contributed by atoms with Gasteiger partial charge < -0.3 is 10.6 Å². The summed E-state index contributed by atoms with van der Waals surface area (Å²) in [4.78, 5) is 14.0. The van der Waals surface area contributed by atoms with Crippen LogP contribution < -0.4 is 5.73 Å². The number of rotatable bonds is 3. The molecule has 16 heavy (non-hydrogen) atoms. The van der Waals surface area contributed by atoms with Crippen LogP contribution >= 0.6 is 0 Å². The van der Waals surface area contributed by atoms with Gasteiger partial charge >= 0.3 is 0 Å². The van der Waals surface area contributed by atoms with Crippen molar-refractivity contribution in [2.45, 2.75) is 69.4 Å². The summed E-state index contributed by atoms with van der Waals surface area (Å²) < 4.78 is 0. The Bertz CT molecular complexity index is 255. The van der Waals surface area contributed by atoms with Crippen molar-refractivity contribution in [2.75, 3.05) is 7.05 Å². The quantitative estimate of drug-likeness (QED) is 0.797. The van der Waals surface area contributed by atoms with E-state index in [0.717, 1.165) is 12.8 Å². The summed E-state index contributed by atoms with van der Waals surface area (Å²) in [7, 11) is 1.94. The summed E-state index contributed by atoms with van der Waals surface area (Å²) in [6.07, 6.45) is 9.91. The third-order valence-electron chi connectivity index (χ3n) is 4.37. The standard InChI is InChI=1S/C13H24N2O/c1-15(11-6-5-7-11)12(16)10-13(14)8-3-2-4-9-13/h11H,2-10,14H2,1H3. The lowest BCUT2D eigenvalue weighted by atomic mass is 9.79. The average molecular weight is 224 g/mol. The van der Waals surface area contributed by atoms with Gasteiger partial charge in [-0.05, 0) is 32.1 Å². The molecule has 1 amide bonds. The van der Waals surface area contributed by atoms with Crippen molar-refractivity contribution in [2.24, 2.45) is 5.73 Å². The van der Waals surface area contributed by atoms with Gasteiger partial charge in [0.1, 0.15) is 0 Å². The summed E-state index contributed by atoms with van der Waals surface area (Å²) in [5, 5.41) is 0. The molecule has 2 saturated carbocycles. The van der Waals surface area contributed by atoms with E-state index in [1.54, 1.807) is 0 Å². The maximum absolute atomic E-state index is 12.1. The van der Waals surface area contributed by atoms with E-state index in [2.05, 4.69) is 0 Å². The van der Waals surface area contributed by atoms with Gasteiger partial charge in [0.25, 0.3) is 0 Å². The monoisotopic (exact) mass is 224 g/mol. The molecule has 0 atom stereocenters. The van der Waals surface area contributed by atoms with E-state index in [-0.39, 0.29) is 11.4 Å². The van der Waals surface area contributed by atoms with Gasteiger partial charge in [-0.25, -0.2) is 0 Å². The molecule has 0 saturated heterocycles. The van der Waals surface area contributed by atoms with Crippen molar-refractivity contribution in [3.05, 3.63) is 0 Å². The van der Waals surface area contributed by atoms with Crippen molar-refractivity contribution in [3.8, 4) is 0 Å². The highest BCUT2D eigenvalue weighted by atomic mass is 16.2. The first-order chi connectivity index (χ1) is 7.61. The van der Waals surface area contributed by atoms with Crippen LogP contribution in [0, 0.1) is 0 Å². The van der Waals surface area contributed by atoms with Crippen LogP contribution in [0.15, 0.2) is 0 Å². The number of amides is 1. The number of hydrogen-bond acceptors (Lipinski definition) is 2. The van der Waals surface area contributed by atoms with E-state index in [4.69, 9.17) is 5.73 Å². The van der Waals surface area contributed by atoms with Crippen LogP contribution in [0.5, 0.6) is 0 Å². The highest BCUT2D eigenvalue weighted by Gasteiger charge is 2.33. The Morgan fingerprint density at radius 2 is 1.88 bits per heavy atom. The maximum Gasteiger partial charge on any atom is 0.224 e. The van der Waals surface area contributed by atoms with Crippen molar-refractivity contribution in [1.82, 2.24) is 4.90 Å². The van der Waals surface area contributed by atoms with E-state index >= 15 is 0 Å². The lowest BCUT2D eigenvalue weighted by Gasteiger charge is -2.38. The van der Waals surface area contributed by atoms with Crippen LogP contribution in [-0.2, 0) is 4.79 Å². The first-order valence-corrected chi connectivity index (χ1v) is 6.65. The third-order valence-corrected chi connectivity index (χ3v) is 4.37.